The minimum Gasteiger partial charge on any atom is -0.491 e. The zero-order chi connectivity index (χ0) is 23.0. The van der Waals surface area contributed by atoms with Crippen molar-refractivity contribution in [1.82, 2.24) is 4.90 Å². The van der Waals surface area contributed by atoms with Crippen molar-refractivity contribution in [1.29, 1.82) is 0 Å². The third-order valence-corrected chi connectivity index (χ3v) is 5.89. The minimum atomic E-state index is -0.672. The van der Waals surface area contributed by atoms with Gasteiger partial charge >= 0.3 is 0 Å². The molecule has 1 heterocycles. The fraction of sp³-hybridized carbons (Fsp3) is 0.269. The van der Waals surface area contributed by atoms with Crippen molar-refractivity contribution >= 4 is 28.9 Å². The van der Waals surface area contributed by atoms with Gasteiger partial charge in [0.25, 0.3) is 0 Å². The molecule has 0 bridgehead atoms. The predicted octanol–water partition coefficient (Wildman–Crippen LogP) is 5.43. The highest BCUT2D eigenvalue weighted by Crippen LogP contribution is 2.24. The van der Waals surface area contributed by atoms with Crippen molar-refractivity contribution in [3.63, 3.8) is 0 Å². The van der Waals surface area contributed by atoms with Crippen LogP contribution in [0.2, 0.25) is 10.0 Å². The average molecular weight is 485 g/mol. The lowest BCUT2D eigenvalue weighted by Crippen LogP contribution is -2.39. The highest BCUT2D eigenvalue weighted by Gasteiger charge is 2.26. The summed E-state index contributed by atoms with van der Waals surface area (Å²) in [5, 5.41) is 16.3. The SMILES string of the molecule is O[C@@H](COc1ccccc1)CN(Cc1cccc(Cl)c1)C[C@@H]1CC(c2ccccc2Cl)=NO1. The van der Waals surface area contributed by atoms with Crippen LogP contribution in [0, 0.1) is 0 Å². The van der Waals surface area contributed by atoms with Crippen LogP contribution in [0.4, 0.5) is 0 Å². The molecular weight excluding hydrogens is 459 g/mol. The molecule has 0 saturated carbocycles. The van der Waals surface area contributed by atoms with Crippen LogP contribution in [-0.4, -0.2) is 47.6 Å². The first-order valence-corrected chi connectivity index (χ1v) is 11.6. The summed E-state index contributed by atoms with van der Waals surface area (Å²) in [4.78, 5) is 7.87. The Balaban J connectivity index is 1.39. The first kappa shape index (κ1) is 23.6. The fourth-order valence-corrected chi connectivity index (χ4v) is 4.28. The van der Waals surface area contributed by atoms with Gasteiger partial charge in [0.2, 0.25) is 0 Å². The second kappa shape index (κ2) is 11.5. The molecule has 7 heteroatoms. The fourth-order valence-electron chi connectivity index (χ4n) is 3.83. The van der Waals surface area contributed by atoms with Crippen molar-refractivity contribution in [3.8, 4) is 5.75 Å². The number of aliphatic hydroxyl groups excluding tert-OH is 1. The molecule has 0 radical (unpaired) electrons. The molecule has 0 aromatic heterocycles. The molecule has 33 heavy (non-hydrogen) atoms. The van der Waals surface area contributed by atoms with Gasteiger partial charge in [-0.05, 0) is 35.9 Å². The molecule has 2 atom stereocenters. The molecule has 172 valence electrons. The minimum absolute atomic E-state index is 0.141. The van der Waals surface area contributed by atoms with Gasteiger partial charge in [0.15, 0.2) is 0 Å². The van der Waals surface area contributed by atoms with Crippen molar-refractivity contribution in [2.45, 2.75) is 25.2 Å². The number of aliphatic hydroxyl groups is 1. The first-order valence-electron chi connectivity index (χ1n) is 10.9. The Labute approximate surface area is 204 Å². The number of nitrogens with zero attached hydrogens (tertiary/aromatic N) is 2. The molecule has 1 aliphatic rings. The molecule has 0 unspecified atom stereocenters. The van der Waals surface area contributed by atoms with Crippen LogP contribution in [0.25, 0.3) is 0 Å². The van der Waals surface area contributed by atoms with Crippen LogP contribution >= 0.6 is 23.2 Å². The van der Waals surface area contributed by atoms with Crippen LogP contribution in [-0.2, 0) is 11.4 Å². The van der Waals surface area contributed by atoms with E-state index in [1.54, 1.807) is 0 Å². The largest absolute Gasteiger partial charge is 0.491 e. The summed E-state index contributed by atoms with van der Waals surface area (Å²) < 4.78 is 5.73. The lowest BCUT2D eigenvalue weighted by atomic mass is 10.0. The second-order valence-electron chi connectivity index (χ2n) is 8.05. The molecule has 1 aliphatic heterocycles. The summed E-state index contributed by atoms with van der Waals surface area (Å²) in [5.41, 5.74) is 2.78. The topological polar surface area (TPSA) is 54.3 Å². The molecule has 0 amide bonds. The Morgan fingerprint density at radius 1 is 1.03 bits per heavy atom. The van der Waals surface area contributed by atoms with E-state index >= 15 is 0 Å². The van der Waals surface area contributed by atoms with Crippen molar-refractivity contribution in [2.24, 2.45) is 5.16 Å². The molecule has 3 aromatic rings. The summed E-state index contributed by atoms with van der Waals surface area (Å²) >= 11 is 12.5. The number of ether oxygens (including phenoxy) is 1. The Morgan fingerprint density at radius 2 is 1.82 bits per heavy atom. The quantitative estimate of drug-likeness (QED) is 0.416. The van der Waals surface area contributed by atoms with Gasteiger partial charge < -0.3 is 14.7 Å². The summed E-state index contributed by atoms with van der Waals surface area (Å²) in [7, 11) is 0. The number of oxime groups is 1. The van der Waals surface area contributed by atoms with Gasteiger partial charge in [-0.25, -0.2) is 0 Å². The van der Waals surface area contributed by atoms with Crippen molar-refractivity contribution in [3.05, 3.63) is 100 Å². The normalized spacial score (nSPS) is 16.4. The standard InChI is InChI=1S/C26H26Cl2N2O3/c27-20-8-6-7-19(13-20)15-30(16-21(31)18-32-22-9-2-1-3-10-22)17-23-14-26(29-33-23)24-11-4-5-12-25(24)28/h1-13,21,23,31H,14-18H2/t21-,23+/m1/s1. The second-order valence-corrected chi connectivity index (χ2v) is 8.89. The molecule has 0 aliphatic carbocycles. The number of hydrogen-bond donors (Lipinski definition) is 1. The van der Waals surface area contributed by atoms with E-state index in [1.165, 1.54) is 0 Å². The number of benzene rings is 3. The Kier molecular flexibility index (Phi) is 8.24. The van der Waals surface area contributed by atoms with E-state index < -0.39 is 6.10 Å². The van der Waals surface area contributed by atoms with Gasteiger partial charge in [0, 0.05) is 41.7 Å². The number of hydrogen-bond acceptors (Lipinski definition) is 5. The summed E-state index contributed by atoms with van der Waals surface area (Å²) in [5.74, 6) is 0.731. The van der Waals surface area contributed by atoms with Crippen LogP contribution in [0.1, 0.15) is 17.5 Å². The number of rotatable bonds is 10. The maximum Gasteiger partial charge on any atom is 0.145 e. The number of para-hydroxylation sites is 1. The number of halogens is 2. The average Bonchev–Trinajstić information content (AvgIpc) is 3.27. The zero-order valence-electron chi connectivity index (χ0n) is 18.1. The van der Waals surface area contributed by atoms with Gasteiger partial charge in [-0.2, -0.15) is 0 Å². The highest BCUT2D eigenvalue weighted by atomic mass is 35.5. The van der Waals surface area contributed by atoms with Gasteiger partial charge in [-0.1, -0.05) is 76.9 Å². The highest BCUT2D eigenvalue weighted by molar-refractivity contribution is 6.34. The molecule has 1 N–H and O–H groups in total. The van der Waals surface area contributed by atoms with E-state index in [0.29, 0.717) is 36.1 Å². The van der Waals surface area contributed by atoms with Gasteiger partial charge in [-0.3, -0.25) is 4.90 Å². The zero-order valence-corrected chi connectivity index (χ0v) is 19.6. The molecule has 0 saturated heterocycles. The monoisotopic (exact) mass is 484 g/mol. The molecule has 5 nitrogen and oxygen atoms in total. The van der Waals surface area contributed by atoms with Crippen LogP contribution in [0.15, 0.2) is 84.0 Å². The smallest absolute Gasteiger partial charge is 0.145 e. The van der Waals surface area contributed by atoms with Gasteiger partial charge in [0.1, 0.15) is 24.6 Å². The molecular formula is C26H26Cl2N2O3. The van der Waals surface area contributed by atoms with Crippen LogP contribution in [0.5, 0.6) is 5.75 Å². The molecule has 0 fully saturated rings. The third-order valence-electron chi connectivity index (χ3n) is 5.33. The van der Waals surface area contributed by atoms with E-state index in [0.717, 1.165) is 22.6 Å². The predicted molar refractivity (Wildman–Crippen MR) is 132 cm³/mol. The Bertz CT molecular complexity index is 1080. The van der Waals surface area contributed by atoms with E-state index in [1.807, 2.05) is 78.9 Å². The van der Waals surface area contributed by atoms with Crippen LogP contribution in [0.3, 0.4) is 0 Å². The third kappa shape index (κ3) is 6.95. The Hall–Kier alpha value is -2.57. The van der Waals surface area contributed by atoms with E-state index in [2.05, 4.69) is 10.1 Å². The summed E-state index contributed by atoms with van der Waals surface area (Å²) in [6.07, 6.45) is -0.167. The maximum atomic E-state index is 10.7. The van der Waals surface area contributed by atoms with Gasteiger partial charge in [0.05, 0.1) is 5.71 Å². The lowest BCUT2D eigenvalue weighted by molar-refractivity contribution is 0.0213. The van der Waals surface area contributed by atoms with E-state index in [-0.39, 0.29) is 12.7 Å². The van der Waals surface area contributed by atoms with Gasteiger partial charge in [-0.15, -0.1) is 0 Å². The summed E-state index contributed by atoms with van der Waals surface area (Å²) in [6.45, 7) is 1.82. The summed E-state index contributed by atoms with van der Waals surface area (Å²) in [6, 6.07) is 24.8. The van der Waals surface area contributed by atoms with Crippen molar-refractivity contribution < 1.29 is 14.7 Å². The first-order chi connectivity index (χ1) is 16.1. The Morgan fingerprint density at radius 3 is 2.61 bits per heavy atom. The molecule has 0 spiro atoms. The lowest BCUT2D eigenvalue weighted by Gasteiger charge is -2.27. The van der Waals surface area contributed by atoms with Crippen molar-refractivity contribution in [2.75, 3.05) is 19.7 Å². The molecule has 4 rings (SSSR count). The van der Waals surface area contributed by atoms with Crippen LogP contribution < -0.4 is 4.74 Å². The van der Waals surface area contributed by atoms with E-state index in [9.17, 15) is 5.11 Å². The maximum absolute atomic E-state index is 10.7. The molecule has 3 aromatic carbocycles. The van der Waals surface area contributed by atoms with E-state index in [4.69, 9.17) is 32.8 Å².